The molecule has 0 amide bonds. The number of rotatable bonds is 6. The zero-order valence-electron chi connectivity index (χ0n) is 10.6. The van der Waals surface area contributed by atoms with E-state index in [1.165, 1.54) is 12.8 Å². The summed E-state index contributed by atoms with van der Waals surface area (Å²) in [6.07, 6.45) is 8.75. The average molecular weight is 290 g/mol. The number of imidazole rings is 1. The summed E-state index contributed by atoms with van der Waals surface area (Å²) in [6.45, 7) is 8.54. The van der Waals surface area contributed by atoms with Gasteiger partial charge in [-0.2, -0.15) is 0 Å². The quantitative estimate of drug-likeness (QED) is 0.640. The van der Waals surface area contributed by atoms with Crippen LogP contribution in [0, 0.1) is 5.92 Å². The van der Waals surface area contributed by atoms with Gasteiger partial charge in [0.25, 0.3) is 0 Å². The molecule has 4 heteroatoms. The summed E-state index contributed by atoms with van der Waals surface area (Å²) in [5.74, 6) is 0.604. The Labute approximate surface area is 109 Å². The second kappa shape index (κ2) is 7.85. The van der Waals surface area contributed by atoms with E-state index in [1.54, 1.807) is 0 Å². The third-order valence-corrected chi connectivity index (χ3v) is 3.01. The fourth-order valence-corrected chi connectivity index (χ4v) is 1.83. The number of halogens is 1. The van der Waals surface area contributed by atoms with Gasteiger partial charge in [-0.1, -0.05) is 20.3 Å². The minimum absolute atomic E-state index is 0. The molecular weight excluding hydrogens is 266 g/mol. The predicted molar refractivity (Wildman–Crippen MR) is 62.3 cm³/mol. The molecule has 1 aromatic heterocycles. The Kier molecular flexibility index (Phi) is 7.68. The first-order chi connectivity index (χ1) is 7.17. The van der Waals surface area contributed by atoms with E-state index in [0.717, 1.165) is 13.1 Å². The molecule has 0 aliphatic carbocycles. The van der Waals surface area contributed by atoms with Gasteiger partial charge in [0.2, 0.25) is 6.33 Å². The summed E-state index contributed by atoms with van der Waals surface area (Å²) < 4.78 is 4.34. The summed E-state index contributed by atoms with van der Waals surface area (Å²) in [5.41, 5.74) is 6.16. The number of nitrogens with zero attached hydrogens (tertiary/aromatic N) is 2. The van der Waals surface area contributed by atoms with Crippen molar-refractivity contribution in [3.8, 4) is 0 Å². The fraction of sp³-hybridized carbons (Fsp3) is 0.750. The Morgan fingerprint density at radius 2 is 2.06 bits per heavy atom. The van der Waals surface area contributed by atoms with Crippen LogP contribution in [0.1, 0.15) is 33.6 Å². The summed E-state index contributed by atoms with van der Waals surface area (Å²) in [7, 11) is 0. The molecule has 0 aliphatic heterocycles. The third kappa shape index (κ3) is 4.66. The van der Waals surface area contributed by atoms with Gasteiger partial charge in [0, 0.05) is 6.04 Å². The van der Waals surface area contributed by atoms with Crippen LogP contribution in [-0.4, -0.2) is 10.6 Å². The van der Waals surface area contributed by atoms with Crippen molar-refractivity contribution in [3.63, 3.8) is 0 Å². The lowest BCUT2D eigenvalue weighted by Crippen LogP contribution is -3.00. The van der Waals surface area contributed by atoms with Crippen molar-refractivity contribution >= 4 is 0 Å². The molecule has 1 rings (SSSR count). The normalized spacial score (nSPS) is 14.2. The van der Waals surface area contributed by atoms with Crippen molar-refractivity contribution < 1.29 is 21.5 Å². The molecule has 0 aliphatic rings. The molecule has 0 aromatic carbocycles. The highest BCUT2D eigenvalue weighted by molar-refractivity contribution is 4.74. The molecule has 0 bridgehead atoms. The van der Waals surface area contributed by atoms with Gasteiger partial charge in [-0.05, 0) is 19.3 Å². The van der Waals surface area contributed by atoms with Gasteiger partial charge < -0.3 is 22.7 Å². The van der Waals surface area contributed by atoms with Crippen LogP contribution in [0.5, 0.6) is 0 Å². The Morgan fingerprint density at radius 1 is 1.38 bits per heavy atom. The second-order valence-electron chi connectivity index (χ2n) is 4.37. The minimum atomic E-state index is 0. The van der Waals surface area contributed by atoms with Gasteiger partial charge in [-0.15, -0.1) is 0 Å². The van der Waals surface area contributed by atoms with Gasteiger partial charge in [-0.3, -0.25) is 0 Å². The Bertz CT molecular complexity index is 286. The lowest BCUT2D eigenvalue weighted by atomic mass is 9.98. The standard InChI is InChI=1S/C12H24N3.BrH/c1-4-6-11(3)12(13)9-15-8-7-14(5-2)10-15;/h7-8,10-12H,4-6,9,13H2,1-3H3;1H/q+1;/p-1/t11?,12-;/m1./s1. The molecule has 16 heavy (non-hydrogen) atoms. The molecule has 0 spiro atoms. The van der Waals surface area contributed by atoms with Crippen molar-refractivity contribution in [1.82, 2.24) is 4.57 Å². The fourth-order valence-electron chi connectivity index (χ4n) is 1.83. The van der Waals surface area contributed by atoms with E-state index < -0.39 is 0 Å². The van der Waals surface area contributed by atoms with E-state index in [9.17, 15) is 0 Å². The molecule has 0 saturated carbocycles. The van der Waals surface area contributed by atoms with Crippen LogP contribution in [0.4, 0.5) is 0 Å². The molecule has 0 fully saturated rings. The predicted octanol–water partition coefficient (Wildman–Crippen LogP) is -1.44. The van der Waals surface area contributed by atoms with Gasteiger partial charge in [0.15, 0.2) is 0 Å². The Hall–Kier alpha value is -0.350. The number of hydrogen-bond donors (Lipinski definition) is 1. The highest BCUT2D eigenvalue weighted by atomic mass is 79.9. The summed E-state index contributed by atoms with van der Waals surface area (Å²) in [5, 5.41) is 0. The van der Waals surface area contributed by atoms with Crippen LogP contribution < -0.4 is 27.3 Å². The maximum absolute atomic E-state index is 6.16. The smallest absolute Gasteiger partial charge is 0.243 e. The van der Waals surface area contributed by atoms with E-state index in [4.69, 9.17) is 5.73 Å². The molecule has 0 radical (unpaired) electrons. The Morgan fingerprint density at radius 3 is 2.56 bits per heavy atom. The van der Waals surface area contributed by atoms with Crippen LogP contribution in [0.15, 0.2) is 18.7 Å². The first-order valence-electron chi connectivity index (χ1n) is 5.97. The largest absolute Gasteiger partial charge is 1.00 e. The van der Waals surface area contributed by atoms with Crippen LogP contribution >= 0.6 is 0 Å². The minimum Gasteiger partial charge on any atom is -1.00 e. The van der Waals surface area contributed by atoms with Crippen molar-refractivity contribution in [2.45, 2.75) is 52.7 Å². The van der Waals surface area contributed by atoms with E-state index in [-0.39, 0.29) is 23.0 Å². The molecule has 3 nitrogen and oxygen atoms in total. The van der Waals surface area contributed by atoms with Crippen LogP contribution in [-0.2, 0) is 13.1 Å². The van der Waals surface area contributed by atoms with Crippen LogP contribution in [0.2, 0.25) is 0 Å². The van der Waals surface area contributed by atoms with Crippen molar-refractivity contribution in [3.05, 3.63) is 18.7 Å². The van der Waals surface area contributed by atoms with Crippen molar-refractivity contribution in [2.75, 3.05) is 0 Å². The Balaban J connectivity index is 0.00000225. The van der Waals surface area contributed by atoms with Gasteiger partial charge >= 0.3 is 0 Å². The summed E-state index contributed by atoms with van der Waals surface area (Å²) in [6, 6.07) is 0.266. The molecule has 94 valence electrons. The third-order valence-electron chi connectivity index (χ3n) is 3.01. The topological polar surface area (TPSA) is 34.8 Å². The molecule has 2 N–H and O–H groups in total. The number of aromatic nitrogens is 2. The number of nitrogens with two attached hydrogens (primary N) is 1. The van der Waals surface area contributed by atoms with Gasteiger partial charge in [-0.25, -0.2) is 9.13 Å². The van der Waals surface area contributed by atoms with Crippen molar-refractivity contribution in [2.24, 2.45) is 11.7 Å². The van der Waals surface area contributed by atoms with Crippen LogP contribution in [0.3, 0.4) is 0 Å². The monoisotopic (exact) mass is 289 g/mol. The molecule has 1 unspecified atom stereocenters. The molecule has 1 heterocycles. The lowest BCUT2D eigenvalue weighted by molar-refractivity contribution is -0.693. The first-order valence-corrected chi connectivity index (χ1v) is 5.97. The van der Waals surface area contributed by atoms with Crippen LogP contribution in [0.25, 0.3) is 0 Å². The molecular formula is C12H24BrN3. The molecule has 0 saturated heterocycles. The zero-order valence-corrected chi connectivity index (χ0v) is 12.2. The summed E-state index contributed by atoms with van der Waals surface area (Å²) in [4.78, 5) is 0. The van der Waals surface area contributed by atoms with Crippen molar-refractivity contribution in [1.29, 1.82) is 0 Å². The maximum Gasteiger partial charge on any atom is 0.243 e. The SMILES string of the molecule is CCCC(C)[C@H](N)Cn1cc[n+](CC)c1.[Br-]. The average Bonchev–Trinajstić information content (AvgIpc) is 2.66. The highest BCUT2D eigenvalue weighted by Gasteiger charge is 2.15. The van der Waals surface area contributed by atoms with Gasteiger partial charge in [0.1, 0.15) is 18.9 Å². The molecule has 1 aromatic rings. The number of hydrogen-bond acceptors (Lipinski definition) is 1. The maximum atomic E-state index is 6.16. The van der Waals surface area contributed by atoms with E-state index >= 15 is 0 Å². The van der Waals surface area contributed by atoms with E-state index in [0.29, 0.717) is 5.92 Å². The second-order valence-corrected chi connectivity index (χ2v) is 4.37. The lowest BCUT2D eigenvalue weighted by Gasteiger charge is -2.16. The number of aryl methyl sites for hydroxylation is 1. The van der Waals surface area contributed by atoms with E-state index in [1.807, 2.05) is 0 Å². The highest BCUT2D eigenvalue weighted by Crippen LogP contribution is 2.10. The zero-order chi connectivity index (χ0) is 11.3. The van der Waals surface area contributed by atoms with Gasteiger partial charge in [0.05, 0.1) is 6.54 Å². The molecule has 2 atom stereocenters. The van der Waals surface area contributed by atoms with E-state index in [2.05, 4.69) is 48.6 Å². The summed E-state index contributed by atoms with van der Waals surface area (Å²) >= 11 is 0. The first kappa shape index (κ1) is 15.7.